The van der Waals surface area contributed by atoms with Crippen LogP contribution >= 0.6 is 0 Å². The highest BCUT2D eigenvalue weighted by molar-refractivity contribution is 5.30. The molecule has 0 saturated carbocycles. The van der Waals surface area contributed by atoms with Crippen molar-refractivity contribution >= 4 is 0 Å². The maximum absolute atomic E-state index is 13.6. The molecule has 1 aromatic rings. The molecule has 2 nitrogen and oxygen atoms in total. The molecule has 1 aliphatic rings. The fraction of sp³-hybridized carbons (Fsp3) is 0.647. The summed E-state index contributed by atoms with van der Waals surface area (Å²) < 4.78 is 13.6. The molecule has 0 amide bonds. The molecule has 0 aliphatic carbocycles. The number of hydrogen-bond acceptors (Lipinski definition) is 2. The molecule has 20 heavy (non-hydrogen) atoms. The van der Waals surface area contributed by atoms with Crippen molar-refractivity contribution in [3.8, 4) is 0 Å². The molecular weight excluding hydrogens is 251 g/mol. The van der Waals surface area contributed by atoms with E-state index < -0.39 is 0 Å². The van der Waals surface area contributed by atoms with E-state index in [-0.39, 0.29) is 5.82 Å². The van der Waals surface area contributed by atoms with Gasteiger partial charge in [0, 0.05) is 6.04 Å². The Kier molecular flexibility index (Phi) is 5.55. The molecule has 0 spiro atoms. The number of likely N-dealkylation sites (tertiary alicyclic amines) is 1. The fourth-order valence-electron chi connectivity index (χ4n) is 3.36. The molecule has 1 fully saturated rings. The van der Waals surface area contributed by atoms with E-state index in [0.29, 0.717) is 12.0 Å². The second-order valence-electron chi connectivity index (χ2n) is 6.03. The molecule has 2 unspecified atom stereocenters. The molecule has 1 heterocycles. The molecule has 0 radical (unpaired) electrons. The summed E-state index contributed by atoms with van der Waals surface area (Å²) >= 11 is 0. The average Bonchev–Trinajstić information content (AvgIpc) is 2.42. The fourth-order valence-corrected chi connectivity index (χ4v) is 3.36. The first-order chi connectivity index (χ1) is 9.63. The second-order valence-corrected chi connectivity index (χ2v) is 6.03. The van der Waals surface area contributed by atoms with Gasteiger partial charge in [-0.25, -0.2) is 4.39 Å². The Balaban J connectivity index is 2.20. The van der Waals surface area contributed by atoms with Gasteiger partial charge in [-0.1, -0.05) is 13.0 Å². The number of halogens is 1. The molecule has 112 valence electrons. The maximum Gasteiger partial charge on any atom is 0.123 e. The summed E-state index contributed by atoms with van der Waals surface area (Å²) in [5.41, 5.74) is 2.36. The Morgan fingerprint density at radius 1 is 1.40 bits per heavy atom. The minimum absolute atomic E-state index is 0.121. The molecule has 2 atom stereocenters. The van der Waals surface area contributed by atoms with Crippen LogP contribution in [0.2, 0.25) is 0 Å². The lowest BCUT2D eigenvalue weighted by molar-refractivity contribution is 0.119. The molecule has 1 N–H and O–H groups in total. The summed E-state index contributed by atoms with van der Waals surface area (Å²) in [6, 6.07) is 5.54. The molecule has 0 bridgehead atoms. The Morgan fingerprint density at radius 3 is 2.95 bits per heavy atom. The van der Waals surface area contributed by atoms with Crippen molar-refractivity contribution in [1.29, 1.82) is 0 Å². The summed E-state index contributed by atoms with van der Waals surface area (Å²) in [6.45, 7) is 7.47. The minimum atomic E-state index is -0.121. The van der Waals surface area contributed by atoms with E-state index in [9.17, 15) is 4.39 Å². The van der Waals surface area contributed by atoms with Crippen molar-refractivity contribution in [2.24, 2.45) is 5.92 Å². The summed E-state index contributed by atoms with van der Waals surface area (Å²) in [4.78, 5) is 2.39. The van der Waals surface area contributed by atoms with E-state index in [0.717, 1.165) is 31.6 Å². The minimum Gasteiger partial charge on any atom is -0.316 e. The van der Waals surface area contributed by atoms with E-state index in [2.05, 4.69) is 31.1 Å². The van der Waals surface area contributed by atoms with Crippen LogP contribution < -0.4 is 5.32 Å². The highest BCUT2D eigenvalue weighted by Gasteiger charge is 2.31. The van der Waals surface area contributed by atoms with Crippen LogP contribution in [0.15, 0.2) is 18.2 Å². The largest absolute Gasteiger partial charge is 0.316 e. The van der Waals surface area contributed by atoms with E-state index in [4.69, 9.17) is 0 Å². The monoisotopic (exact) mass is 278 g/mol. The Morgan fingerprint density at radius 2 is 2.20 bits per heavy atom. The predicted molar refractivity (Wildman–Crippen MR) is 82.4 cm³/mol. The molecular formula is C17H27FN2. The van der Waals surface area contributed by atoms with E-state index in [1.165, 1.54) is 18.4 Å². The van der Waals surface area contributed by atoms with Crippen molar-refractivity contribution in [3.63, 3.8) is 0 Å². The number of piperidine rings is 1. The molecule has 1 aliphatic heterocycles. The number of hydrogen-bond donors (Lipinski definition) is 1. The van der Waals surface area contributed by atoms with Gasteiger partial charge in [0.25, 0.3) is 0 Å². The third-order valence-corrected chi connectivity index (χ3v) is 4.40. The van der Waals surface area contributed by atoms with Gasteiger partial charge in [0.05, 0.1) is 0 Å². The SMILES string of the molecule is CCCNCC1CCCN(C)C1c1cc(F)ccc1C. The quantitative estimate of drug-likeness (QED) is 0.829. The highest BCUT2D eigenvalue weighted by atomic mass is 19.1. The smallest absolute Gasteiger partial charge is 0.123 e. The van der Waals surface area contributed by atoms with Gasteiger partial charge in [-0.15, -0.1) is 0 Å². The molecule has 1 aromatic carbocycles. The Hall–Kier alpha value is -0.930. The van der Waals surface area contributed by atoms with Gasteiger partial charge in [0.2, 0.25) is 0 Å². The van der Waals surface area contributed by atoms with Crippen molar-refractivity contribution in [1.82, 2.24) is 10.2 Å². The highest BCUT2D eigenvalue weighted by Crippen LogP contribution is 2.36. The molecule has 0 aromatic heterocycles. The van der Waals surface area contributed by atoms with Crippen molar-refractivity contribution in [3.05, 3.63) is 35.1 Å². The zero-order valence-corrected chi connectivity index (χ0v) is 13.0. The number of benzene rings is 1. The van der Waals surface area contributed by atoms with Gasteiger partial charge in [-0.05, 0) is 82.0 Å². The number of aryl methyl sites for hydroxylation is 1. The van der Waals surface area contributed by atoms with E-state index in [1.54, 1.807) is 12.1 Å². The average molecular weight is 278 g/mol. The summed E-state index contributed by atoms with van der Waals surface area (Å²) in [5.74, 6) is 0.450. The summed E-state index contributed by atoms with van der Waals surface area (Å²) in [6.07, 6.45) is 3.62. The zero-order chi connectivity index (χ0) is 14.5. The molecule has 3 heteroatoms. The van der Waals surface area contributed by atoms with Crippen LogP contribution in [0.4, 0.5) is 4.39 Å². The Bertz CT molecular complexity index is 433. The van der Waals surface area contributed by atoms with Crippen molar-refractivity contribution in [2.45, 2.75) is 39.2 Å². The second kappa shape index (κ2) is 7.19. The van der Waals surface area contributed by atoms with Crippen LogP contribution in [-0.4, -0.2) is 31.6 Å². The third kappa shape index (κ3) is 3.58. The van der Waals surface area contributed by atoms with Crippen LogP contribution in [0.25, 0.3) is 0 Å². The lowest BCUT2D eigenvalue weighted by atomic mass is 9.83. The van der Waals surface area contributed by atoms with Crippen molar-refractivity contribution in [2.75, 3.05) is 26.7 Å². The van der Waals surface area contributed by atoms with Gasteiger partial charge in [0.15, 0.2) is 0 Å². The molecule has 1 saturated heterocycles. The number of rotatable bonds is 5. The van der Waals surface area contributed by atoms with Gasteiger partial charge < -0.3 is 5.32 Å². The first kappa shape index (κ1) is 15.5. The van der Waals surface area contributed by atoms with Crippen LogP contribution in [-0.2, 0) is 0 Å². The van der Waals surface area contributed by atoms with E-state index in [1.807, 2.05) is 6.07 Å². The van der Waals surface area contributed by atoms with Gasteiger partial charge in [0.1, 0.15) is 5.82 Å². The molecule has 2 rings (SSSR count). The first-order valence-corrected chi connectivity index (χ1v) is 7.80. The van der Waals surface area contributed by atoms with Crippen LogP contribution in [0.1, 0.15) is 43.4 Å². The lowest BCUT2D eigenvalue weighted by Crippen LogP contribution is -2.41. The topological polar surface area (TPSA) is 15.3 Å². The maximum atomic E-state index is 13.6. The Labute approximate surface area is 122 Å². The van der Waals surface area contributed by atoms with Crippen LogP contribution in [0, 0.1) is 18.7 Å². The lowest BCUT2D eigenvalue weighted by Gasteiger charge is -2.40. The van der Waals surface area contributed by atoms with Gasteiger partial charge >= 0.3 is 0 Å². The van der Waals surface area contributed by atoms with Crippen molar-refractivity contribution < 1.29 is 4.39 Å². The van der Waals surface area contributed by atoms with E-state index >= 15 is 0 Å². The predicted octanol–water partition coefficient (Wildman–Crippen LogP) is 3.52. The summed E-state index contributed by atoms with van der Waals surface area (Å²) in [5, 5.41) is 3.54. The summed E-state index contributed by atoms with van der Waals surface area (Å²) in [7, 11) is 2.17. The number of nitrogens with one attached hydrogen (secondary N) is 1. The first-order valence-electron chi connectivity index (χ1n) is 7.80. The standard InChI is InChI=1S/C17H27FN2/c1-4-9-19-12-14-6-5-10-20(3)17(14)16-11-15(18)8-7-13(16)2/h7-8,11,14,17,19H,4-6,9-10,12H2,1-3H3. The van der Waals surface area contributed by atoms with Crippen LogP contribution in [0.3, 0.4) is 0 Å². The normalized spacial score (nSPS) is 24.0. The number of nitrogens with zero attached hydrogens (tertiary/aromatic N) is 1. The third-order valence-electron chi connectivity index (χ3n) is 4.40. The zero-order valence-electron chi connectivity index (χ0n) is 13.0. The van der Waals surface area contributed by atoms with Crippen LogP contribution in [0.5, 0.6) is 0 Å². The van der Waals surface area contributed by atoms with Gasteiger partial charge in [-0.2, -0.15) is 0 Å². The van der Waals surface area contributed by atoms with Gasteiger partial charge in [-0.3, -0.25) is 4.90 Å².